The minimum Gasteiger partial charge on any atom is -0.454 e. The van der Waals surface area contributed by atoms with Crippen LogP contribution in [0.1, 0.15) is 24.0 Å². The van der Waals surface area contributed by atoms with E-state index < -0.39 is 0 Å². The minimum atomic E-state index is -0.0899. The Kier molecular flexibility index (Phi) is 5.19. The highest BCUT2D eigenvalue weighted by Gasteiger charge is 2.27. The maximum atomic E-state index is 12.6. The van der Waals surface area contributed by atoms with E-state index in [1.165, 1.54) is 0 Å². The molecule has 1 N–H and O–H groups in total. The number of piperidine rings is 1. The molecule has 0 aromatic heterocycles. The molecule has 4 rings (SSSR count). The van der Waals surface area contributed by atoms with Crippen LogP contribution in [0.3, 0.4) is 0 Å². The highest BCUT2D eigenvalue weighted by atomic mass is 16.7. The molecule has 0 aliphatic carbocycles. The number of hydrogen-bond acceptors (Lipinski definition) is 4. The molecular formula is C22H24N2O4. The Labute approximate surface area is 164 Å². The number of amides is 2. The van der Waals surface area contributed by atoms with Gasteiger partial charge in [0, 0.05) is 30.8 Å². The molecule has 2 heterocycles. The van der Waals surface area contributed by atoms with Gasteiger partial charge in [-0.1, -0.05) is 24.3 Å². The predicted molar refractivity (Wildman–Crippen MR) is 105 cm³/mol. The zero-order valence-corrected chi connectivity index (χ0v) is 15.9. The number of fused-ring (bicyclic) bond motifs is 1. The summed E-state index contributed by atoms with van der Waals surface area (Å²) in [5, 5.41) is 2.95. The van der Waals surface area contributed by atoms with Gasteiger partial charge in [-0.15, -0.1) is 0 Å². The molecule has 0 radical (unpaired) electrons. The largest absolute Gasteiger partial charge is 0.454 e. The first-order chi connectivity index (χ1) is 13.6. The fraction of sp³-hybridized carbons (Fsp3) is 0.364. The molecule has 0 saturated carbocycles. The van der Waals surface area contributed by atoms with Crippen molar-refractivity contribution in [1.29, 1.82) is 0 Å². The first kappa shape index (κ1) is 18.3. The number of rotatable bonds is 4. The van der Waals surface area contributed by atoms with Gasteiger partial charge in [0.25, 0.3) is 0 Å². The molecule has 2 aromatic carbocycles. The van der Waals surface area contributed by atoms with Gasteiger partial charge in [0.2, 0.25) is 18.6 Å². The third-order valence-electron chi connectivity index (χ3n) is 5.46. The lowest BCUT2D eigenvalue weighted by molar-refractivity contribution is -0.133. The van der Waals surface area contributed by atoms with Crippen LogP contribution < -0.4 is 14.8 Å². The van der Waals surface area contributed by atoms with E-state index in [-0.39, 0.29) is 24.5 Å². The van der Waals surface area contributed by atoms with Crippen LogP contribution in [0.4, 0.5) is 5.69 Å². The average molecular weight is 380 g/mol. The lowest BCUT2D eigenvalue weighted by Gasteiger charge is -2.31. The van der Waals surface area contributed by atoms with Gasteiger partial charge in [0.1, 0.15) is 0 Å². The van der Waals surface area contributed by atoms with Crippen molar-refractivity contribution < 1.29 is 19.1 Å². The van der Waals surface area contributed by atoms with Crippen LogP contribution >= 0.6 is 0 Å². The number of likely N-dealkylation sites (tertiary alicyclic amines) is 1. The summed E-state index contributed by atoms with van der Waals surface area (Å²) in [6.45, 7) is 3.46. The molecule has 6 nitrogen and oxygen atoms in total. The summed E-state index contributed by atoms with van der Waals surface area (Å²) < 4.78 is 10.6. The van der Waals surface area contributed by atoms with E-state index >= 15 is 0 Å². The molecule has 0 unspecified atom stereocenters. The molecule has 0 bridgehead atoms. The Hall–Kier alpha value is -3.02. The fourth-order valence-corrected chi connectivity index (χ4v) is 3.69. The maximum Gasteiger partial charge on any atom is 0.231 e. The number of anilines is 1. The molecule has 0 atom stereocenters. The van der Waals surface area contributed by atoms with E-state index in [2.05, 4.69) is 5.32 Å². The number of hydrogen-bond donors (Lipinski definition) is 1. The third kappa shape index (κ3) is 3.96. The van der Waals surface area contributed by atoms with Gasteiger partial charge in [0.05, 0.1) is 6.42 Å². The molecular weight excluding hydrogens is 356 g/mol. The topological polar surface area (TPSA) is 67.9 Å². The van der Waals surface area contributed by atoms with Gasteiger partial charge >= 0.3 is 0 Å². The number of nitrogens with zero attached hydrogens (tertiary/aromatic N) is 1. The molecule has 0 spiro atoms. The minimum absolute atomic E-state index is 0.00938. The van der Waals surface area contributed by atoms with Gasteiger partial charge < -0.3 is 19.7 Å². The maximum absolute atomic E-state index is 12.6. The quantitative estimate of drug-likeness (QED) is 0.885. The van der Waals surface area contributed by atoms with Crippen LogP contribution in [0.5, 0.6) is 11.5 Å². The number of nitrogens with one attached hydrogen (secondary N) is 1. The molecule has 2 amide bonds. The van der Waals surface area contributed by atoms with Crippen LogP contribution in [-0.4, -0.2) is 36.6 Å². The molecule has 28 heavy (non-hydrogen) atoms. The summed E-state index contributed by atoms with van der Waals surface area (Å²) >= 11 is 0. The normalized spacial score (nSPS) is 16.1. The molecule has 146 valence electrons. The van der Waals surface area contributed by atoms with Crippen LogP contribution in [0.2, 0.25) is 0 Å². The predicted octanol–water partition coefficient (Wildman–Crippen LogP) is 3.14. The number of benzene rings is 2. The van der Waals surface area contributed by atoms with Gasteiger partial charge in [-0.2, -0.15) is 0 Å². The van der Waals surface area contributed by atoms with Crippen molar-refractivity contribution >= 4 is 17.5 Å². The van der Waals surface area contributed by atoms with Crippen LogP contribution in [0.25, 0.3) is 0 Å². The lowest BCUT2D eigenvalue weighted by atomic mass is 9.95. The molecule has 6 heteroatoms. The van der Waals surface area contributed by atoms with E-state index in [0.29, 0.717) is 49.5 Å². The van der Waals surface area contributed by atoms with Crippen LogP contribution in [0, 0.1) is 12.8 Å². The van der Waals surface area contributed by atoms with Crippen molar-refractivity contribution in [1.82, 2.24) is 4.90 Å². The van der Waals surface area contributed by atoms with E-state index in [1.807, 2.05) is 42.2 Å². The highest BCUT2D eigenvalue weighted by molar-refractivity contribution is 5.93. The van der Waals surface area contributed by atoms with E-state index in [9.17, 15) is 9.59 Å². The molecule has 2 aromatic rings. The van der Waals surface area contributed by atoms with E-state index in [0.717, 1.165) is 11.1 Å². The first-order valence-corrected chi connectivity index (χ1v) is 9.63. The van der Waals surface area contributed by atoms with Crippen molar-refractivity contribution in [3.05, 3.63) is 53.6 Å². The summed E-state index contributed by atoms with van der Waals surface area (Å²) in [4.78, 5) is 27.1. The van der Waals surface area contributed by atoms with Crippen molar-refractivity contribution in [2.75, 3.05) is 25.2 Å². The second-order valence-electron chi connectivity index (χ2n) is 7.32. The summed E-state index contributed by atoms with van der Waals surface area (Å²) in [5.41, 5.74) is 2.90. The highest BCUT2D eigenvalue weighted by Crippen LogP contribution is 2.34. The number of carbonyl (C=O) groups excluding carboxylic acids is 2. The van der Waals surface area contributed by atoms with E-state index in [1.54, 1.807) is 12.1 Å². The smallest absolute Gasteiger partial charge is 0.231 e. The van der Waals surface area contributed by atoms with Crippen molar-refractivity contribution in [3.63, 3.8) is 0 Å². The Morgan fingerprint density at radius 2 is 1.82 bits per heavy atom. The van der Waals surface area contributed by atoms with Gasteiger partial charge in [-0.25, -0.2) is 0 Å². The molecule has 1 fully saturated rings. The second kappa shape index (κ2) is 7.92. The summed E-state index contributed by atoms with van der Waals surface area (Å²) in [6, 6.07) is 13.3. The number of carbonyl (C=O) groups is 2. The summed E-state index contributed by atoms with van der Waals surface area (Å²) in [5.74, 6) is 1.37. The zero-order valence-electron chi connectivity index (χ0n) is 15.9. The molecule has 1 saturated heterocycles. The first-order valence-electron chi connectivity index (χ1n) is 9.63. The summed E-state index contributed by atoms with van der Waals surface area (Å²) in [7, 11) is 0. The monoisotopic (exact) mass is 380 g/mol. The molecule has 2 aliphatic rings. The Bertz CT molecular complexity index is 888. The Morgan fingerprint density at radius 1 is 1.07 bits per heavy atom. The lowest BCUT2D eigenvalue weighted by Crippen LogP contribution is -2.42. The second-order valence-corrected chi connectivity index (χ2v) is 7.32. The Morgan fingerprint density at radius 3 is 2.61 bits per heavy atom. The average Bonchev–Trinajstić information content (AvgIpc) is 3.17. The van der Waals surface area contributed by atoms with Crippen LogP contribution in [-0.2, 0) is 16.0 Å². The number of ether oxygens (including phenoxy) is 2. The van der Waals surface area contributed by atoms with Crippen molar-refractivity contribution in [2.45, 2.75) is 26.2 Å². The standard InChI is InChI=1S/C22H24N2O4/c1-15-4-2-3-5-17(15)12-21(25)24-10-8-16(9-11-24)22(26)23-18-6-7-19-20(13-18)28-14-27-19/h2-7,13,16H,8-12,14H2,1H3,(H,23,26). The van der Waals surface area contributed by atoms with Gasteiger partial charge in [-0.05, 0) is 43.0 Å². The van der Waals surface area contributed by atoms with Gasteiger partial charge in [-0.3, -0.25) is 9.59 Å². The van der Waals surface area contributed by atoms with Crippen LogP contribution in [0.15, 0.2) is 42.5 Å². The van der Waals surface area contributed by atoms with Gasteiger partial charge in [0.15, 0.2) is 11.5 Å². The summed E-state index contributed by atoms with van der Waals surface area (Å²) in [6.07, 6.45) is 1.77. The van der Waals surface area contributed by atoms with Crippen molar-refractivity contribution in [3.8, 4) is 11.5 Å². The SMILES string of the molecule is Cc1ccccc1CC(=O)N1CCC(C(=O)Nc2ccc3c(c2)OCO3)CC1. The third-order valence-corrected chi connectivity index (χ3v) is 5.46. The fourth-order valence-electron chi connectivity index (χ4n) is 3.69. The molecule has 2 aliphatic heterocycles. The zero-order chi connectivity index (χ0) is 19.5. The Balaban J connectivity index is 1.29. The number of aryl methyl sites for hydroxylation is 1. The van der Waals surface area contributed by atoms with Crippen molar-refractivity contribution in [2.24, 2.45) is 5.92 Å². The van der Waals surface area contributed by atoms with E-state index in [4.69, 9.17) is 9.47 Å².